The van der Waals surface area contributed by atoms with E-state index in [0.29, 0.717) is 6.04 Å². The molecule has 1 aromatic rings. The molecular formula is C12H16N2O. The monoisotopic (exact) mass is 204 g/mol. The number of aryl methyl sites for hydroxylation is 1. The Labute approximate surface area is 89.7 Å². The molecule has 0 radical (unpaired) electrons. The van der Waals surface area contributed by atoms with Crippen molar-refractivity contribution in [2.24, 2.45) is 0 Å². The van der Waals surface area contributed by atoms with Crippen molar-refractivity contribution in [3.8, 4) is 0 Å². The largest absolute Gasteiger partial charge is 0.391 e. The Morgan fingerprint density at radius 1 is 1.47 bits per heavy atom. The average molecular weight is 204 g/mol. The van der Waals surface area contributed by atoms with Crippen LogP contribution in [0.2, 0.25) is 0 Å². The van der Waals surface area contributed by atoms with Crippen molar-refractivity contribution in [3.63, 3.8) is 0 Å². The second-order valence-corrected chi connectivity index (χ2v) is 4.55. The Kier molecular flexibility index (Phi) is 1.89. The summed E-state index contributed by atoms with van der Waals surface area (Å²) in [4.78, 5) is 2.35. The lowest BCUT2D eigenvalue weighted by Gasteiger charge is -2.35. The summed E-state index contributed by atoms with van der Waals surface area (Å²) in [6.45, 7) is 3.87. The third kappa shape index (κ3) is 1.30. The number of aliphatic hydroxyl groups is 1. The Hall–Kier alpha value is -1.22. The molecular weight excluding hydrogens is 188 g/mol. The normalized spacial score (nSPS) is 28.3. The van der Waals surface area contributed by atoms with Gasteiger partial charge in [-0.25, -0.2) is 0 Å². The Bertz CT molecular complexity index is 391. The molecule has 3 rings (SSSR count). The van der Waals surface area contributed by atoms with Gasteiger partial charge in [0.15, 0.2) is 0 Å². The van der Waals surface area contributed by atoms with Gasteiger partial charge in [0.1, 0.15) is 0 Å². The van der Waals surface area contributed by atoms with E-state index < -0.39 is 0 Å². The lowest BCUT2D eigenvalue weighted by Crippen LogP contribution is -2.39. The smallest absolute Gasteiger partial charge is 0.0735 e. The predicted molar refractivity (Wildman–Crippen MR) is 61.4 cm³/mol. The molecule has 2 unspecified atom stereocenters. The Balaban J connectivity index is 2.07. The highest BCUT2D eigenvalue weighted by Crippen LogP contribution is 2.38. The minimum Gasteiger partial charge on any atom is -0.391 e. The Morgan fingerprint density at radius 2 is 2.33 bits per heavy atom. The maximum atomic E-state index is 9.71. The summed E-state index contributed by atoms with van der Waals surface area (Å²) in [5.74, 6) is 0. The fourth-order valence-electron chi connectivity index (χ4n) is 2.77. The van der Waals surface area contributed by atoms with Crippen LogP contribution in [-0.4, -0.2) is 30.3 Å². The molecule has 3 nitrogen and oxygen atoms in total. The first-order chi connectivity index (χ1) is 7.25. The SMILES string of the molecule is Cc1cccc2c1N1CC(O)CC1CN2. The molecule has 0 aromatic heterocycles. The van der Waals surface area contributed by atoms with E-state index in [1.807, 2.05) is 0 Å². The van der Waals surface area contributed by atoms with Crippen LogP contribution in [0, 0.1) is 6.92 Å². The molecule has 80 valence electrons. The number of nitrogens with one attached hydrogen (secondary N) is 1. The van der Waals surface area contributed by atoms with Crippen molar-refractivity contribution in [1.82, 2.24) is 0 Å². The lowest BCUT2D eigenvalue weighted by atomic mass is 10.1. The molecule has 1 saturated heterocycles. The topological polar surface area (TPSA) is 35.5 Å². The van der Waals surface area contributed by atoms with Crippen LogP contribution in [0.5, 0.6) is 0 Å². The van der Waals surface area contributed by atoms with Crippen molar-refractivity contribution in [1.29, 1.82) is 0 Å². The minimum atomic E-state index is -0.164. The molecule has 2 N–H and O–H groups in total. The Morgan fingerprint density at radius 3 is 3.20 bits per heavy atom. The predicted octanol–water partition coefficient (Wildman–Crippen LogP) is 1.36. The summed E-state index contributed by atoms with van der Waals surface area (Å²) >= 11 is 0. The molecule has 0 amide bonds. The zero-order valence-corrected chi connectivity index (χ0v) is 8.90. The molecule has 0 saturated carbocycles. The van der Waals surface area contributed by atoms with Crippen LogP contribution >= 0.6 is 0 Å². The molecule has 0 spiro atoms. The summed E-state index contributed by atoms with van der Waals surface area (Å²) in [5.41, 5.74) is 3.78. The van der Waals surface area contributed by atoms with Crippen LogP contribution in [-0.2, 0) is 0 Å². The van der Waals surface area contributed by atoms with Gasteiger partial charge in [0.05, 0.1) is 17.5 Å². The fourth-order valence-corrected chi connectivity index (χ4v) is 2.77. The number of aliphatic hydroxyl groups excluding tert-OH is 1. The summed E-state index contributed by atoms with van der Waals surface area (Å²) in [7, 11) is 0. The molecule has 2 heterocycles. The summed E-state index contributed by atoms with van der Waals surface area (Å²) in [6, 6.07) is 6.79. The summed E-state index contributed by atoms with van der Waals surface area (Å²) in [6.07, 6.45) is 0.725. The van der Waals surface area contributed by atoms with Crippen molar-refractivity contribution < 1.29 is 5.11 Å². The lowest BCUT2D eigenvalue weighted by molar-refractivity contribution is 0.195. The fraction of sp³-hybridized carbons (Fsp3) is 0.500. The highest BCUT2D eigenvalue weighted by Gasteiger charge is 2.35. The van der Waals surface area contributed by atoms with E-state index in [1.165, 1.54) is 16.9 Å². The van der Waals surface area contributed by atoms with Crippen LogP contribution in [0.15, 0.2) is 18.2 Å². The second kappa shape index (κ2) is 3.14. The maximum absolute atomic E-state index is 9.71. The van der Waals surface area contributed by atoms with Crippen LogP contribution in [0.4, 0.5) is 11.4 Å². The zero-order valence-electron chi connectivity index (χ0n) is 8.90. The van der Waals surface area contributed by atoms with Gasteiger partial charge in [0.25, 0.3) is 0 Å². The maximum Gasteiger partial charge on any atom is 0.0735 e. The van der Waals surface area contributed by atoms with E-state index in [1.54, 1.807) is 0 Å². The highest BCUT2D eigenvalue weighted by molar-refractivity contribution is 5.76. The minimum absolute atomic E-state index is 0.164. The number of fused-ring (bicyclic) bond motifs is 3. The molecule has 0 aliphatic carbocycles. The van der Waals surface area contributed by atoms with Gasteiger partial charge in [-0.1, -0.05) is 12.1 Å². The quantitative estimate of drug-likeness (QED) is 0.670. The number of hydrogen-bond acceptors (Lipinski definition) is 3. The van der Waals surface area contributed by atoms with Crippen LogP contribution < -0.4 is 10.2 Å². The van der Waals surface area contributed by atoms with Crippen molar-refractivity contribution in [2.45, 2.75) is 25.5 Å². The first-order valence-corrected chi connectivity index (χ1v) is 5.54. The van der Waals surface area contributed by atoms with Crippen molar-refractivity contribution in [2.75, 3.05) is 23.3 Å². The van der Waals surface area contributed by atoms with Crippen molar-refractivity contribution in [3.05, 3.63) is 23.8 Å². The number of anilines is 2. The van der Waals surface area contributed by atoms with Gasteiger partial charge in [0, 0.05) is 19.1 Å². The molecule has 3 heteroatoms. The molecule has 15 heavy (non-hydrogen) atoms. The number of hydrogen-bond donors (Lipinski definition) is 2. The number of benzene rings is 1. The molecule has 1 fully saturated rings. The van der Waals surface area contributed by atoms with Gasteiger partial charge in [-0.15, -0.1) is 0 Å². The molecule has 2 atom stereocenters. The molecule has 1 aromatic carbocycles. The summed E-state index contributed by atoms with van der Waals surface area (Å²) < 4.78 is 0. The van der Waals surface area contributed by atoms with Crippen molar-refractivity contribution >= 4 is 11.4 Å². The van der Waals surface area contributed by atoms with E-state index in [0.717, 1.165) is 19.5 Å². The van der Waals surface area contributed by atoms with Gasteiger partial charge < -0.3 is 15.3 Å². The third-order valence-electron chi connectivity index (χ3n) is 3.45. The number of rotatable bonds is 0. The first kappa shape index (κ1) is 9.04. The van der Waals surface area contributed by atoms with Crippen LogP contribution in [0.3, 0.4) is 0 Å². The molecule has 0 bridgehead atoms. The zero-order chi connectivity index (χ0) is 10.4. The van der Waals surface area contributed by atoms with E-state index in [9.17, 15) is 5.11 Å². The first-order valence-electron chi connectivity index (χ1n) is 5.54. The van der Waals surface area contributed by atoms with Gasteiger partial charge >= 0.3 is 0 Å². The van der Waals surface area contributed by atoms with Gasteiger partial charge in [-0.3, -0.25) is 0 Å². The van der Waals surface area contributed by atoms with E-state index in [-0.39, 0.29) is 6.10 Å². The highest BCUT2D eigenvalue weighted by atomic mass is 16.3. The van der Waals surface area contributed by atoms with Gasteiger partial charge in [-0.05, 0) is 25.0 Å². The van der Waals surface area contributed by atoms with E-state index >= 15 is 0 Å². The van der Waals surface area contributed by atoms with Gasteiger partial charge in [-0.2, -0.15) is 0 Å². The average Bonchev–Trinajstić information content (AvgIpc) is 2.58. The molecule has 2 aliphatic heterocycles. The van der Waals surface area contributed by atoms with E-state index in [2.05, 4.69) is 35.3 Å². The summed E-state index contributed by atoms with van der Waals surface area (Å²) in [5, 5.41) is 13.1. The third-order valence-corrected chi connectivity index (χ3v) is 3.45. The molecule has 2 aliphatic rings. The number of nitrogens with zero attached hydrogens (tertiary/aromatic N) is 1. The standard InChI is InChI=1S/C12H16N2O/c1-8-3-2-4-11-12(8)14-7-10(15)5-9(14)6-13-11/h2-4,9-10,13,15H,5-7H2,1H3. The van der Waals surface area contributed by atoms with Gasteiger partial charge in [0.2, 0.25) is 0 Å². The van der Waals surface area contributed by atoms with Crippen LogP contribution in [0.25, 0.3) is 0 Å². The van der Waals surface area contributed by atoms with Crippen LogP contribution in [0.1, 0.15) is 12.0 Å². The second-order valence-electron chi connectivity index (χ2n) is 4.55. The van der Waals surface area contributed by atoms with E-state index in [4.69, 9.17) is 0 Å². The number of para-hydroxylation sites is 1.